The van der Waals surface area contributed by atoms with Crippen molar-refractivity contribution in [3.05, 3.63) is 29.8 Å². The van der Waals surface area contributed by atoms with Gasteiger partial charge in [-0.3, -0.25) is 10.9 Å². The number of rotatable bonds is 10. The fourth-order valence-electron chi connectivity index (χ4n) is 1.74. The number of hydrogen-bond acceptors (Lipinski definition) is 5. The lowest BCUT2D eigenvalue weighted by Crippen LogP contribution is -2.35. The molecular formula is C16H25N3O2. The van der Waals surface area contributed by atoms with Crippen molar-refractivity contribution in [3.8, 4) is 18.1 Å². The number of benzene rings is 1. The molecule has 0 aliphatic heterocycles. The predicted octanol–water partition coefficient (Wildman–Crippen LogP) is 1.78. The molecule has 0 bridgehead atoms. The van der Waals surface area contributed by atoms with Crippen LogP contribution in [0.15, 0.2) is 24.3 Å². The molecule has 116 valence electrons. The summed E-state index contributed by atoms with van der Waals surface area (Å²) in [5, 5.41) is 0. The van der Waals surface area contributed by atoms with Crippen LogP contribution in [0.2, 0.25) is 0 Å². The highest BCUT2D eigenvalue weighted by atomic mass is 16.6. The van der Waals surface area contributed by atoms with Crippen LogP contribution in [0.3, 0.4) is 0 Å². The summed E-state index contributed by atoms with van der Waals surface area (Å²) in [6.07, 6.45) is 6.01. The molecule has 1 unspecified atom stereocenters. The Balaban J connectivity index is 2.38. The predicted molar refractivity (Wildman–Crippen MR) is 84.5 cm³/mol. The van der Waals surface area contributed by atoms with Crippen LogP contribution in [0.5, 0.6) is 5.75 Å². The molecule has 1 aromatic rings. The smallest absolute Gasteiger partial charge is 0.156 e. The van der Waals surface area contributed by atoms with Gasteiger partial charge in [-0.05, 0) is 38.0 Å². The Bertz CT molecular complexity index is 445. The summed E-state index contributed by atoms with van der Waals surface area (Å²) in [6.45, 7) is 5.44. The molecule has 0 heterocycles. The molecule has 3 N–H and O–H groups in total. The fraction of sp³-hybridized carbons (Fsp3) is 0.500. The number of hydrogen-bond donors (Lipinski definition) is 3. The van der Waals surface area contributed by atoms with Gasteiger partial charge in [-0.25, -0.2) is 5.48 Å². The summed E-state index contributed by atoms with van der Waals surface area (Å²) >= 11 is 0. The maximum absolute atomic E-state index is 5.62. The molecule has 1 aromatic carbocycles. The van der Waals surface area contributed by atoms with E-state index in [0.717, 1.165) is 24.3 Å². The van der Waals surface area contributed by atoms with Crippen molar-refractivity contribution in [2.45, 2.75) is 32.4 Å². The number of terminal acetylenes is 1. The standard InChI is InChI=1S/C16H25N3O2/c1-5-13(2)21-16-9-6-8-15(12-16)14(3)19-18-10-7-11-20-17-4/h1,6,8-9,12-14,17-19H,7,10-11H2,2-4H3/t13-,14?/m1/s1. The van der Waals surface area contributed by atoms with Crippen molar-refractivity contribution in [2.24, 2.45) is 0 Å². The van der Waals surface area contributed by atoms with Gasteiger partial charge in [0.05, 0.1) is 6.61 Å². The highest BCUT2D eigenvalue weighted by molar-refractivity contribution is 5.30. The van der Waals surface area contributed by atoms with Crippen molar-refractivity contribution >= 4 is 0 Å². The lowest BCUT2D eigenvalue weighted by molar-refractivity contribution is 0.0558. The molecule has 0 aliphatic rings. The molecule has 0 spiro atoms. The lowest BCUT2D eigenvalue weighted by atomic mass is 10.1. The Labute approximate surface area is 127 Å². The minimum Gasteiger partial charge on any atom is -0.478 e. The minimum atomic E-state index is -0.228. The van der Waals surface area contributed by atoms with Gasteiger partial charge in [0.2, 0.25) is 0 Å². The third-order valence-corrected chi connectivity index (χ3v) is 2.92. The molecule has 5 nitrogen and oxygen atoms in total. The van der Waals surface area contributed by atoms with E-state index in [2.05, 4.69) is 35.2 Å². The van der Waals surface area contributed by atoms with Gasteiger partial charge in [0.25, 0.3) is 0 Å². The zero-order chi connectivity index (χ0) is 15.5. The molecule has 0 radical (unpaired) electrons. The molecule has 0 aromatic heterocycles. The van der Waals surface area contributed by atoms with E-state index >= 15 is 0 Å². The van der Waals surface area contributed by atoms with Gasteiger partial charge in [-0.2, -0.15) is 0 Å². The molecule has 0 saturated carbocycles. The Morgan fingerprint density at radius 3 is 2.86 bits per heavy atom. The highest BCUT2D eigenvalue weighted by Crippen LogP contribution is 2.19. The van der Waals surface area contributed by atoms with Crippen molar-refractivity contribution in [1.29, 1.82) is 0 Å². The Morgan fingerprint density at radius 1 is 1.33 bits per heavy atom. The molecular weight excluding hydrogens is 266 g/mol. The van der Waals surface area contributed by atoms with E-state index in [1.54, 1.807) is 7.05 Å². The van der Waals surface area contributed by atoms with Gasteiger partial charge < -0.3 is 9.57 Å². The van der Waals surface area contributed by atoms with Gasteiger partial charge >= 0.3 is 0 Å². The van der Waals surface area contributed by atoms with Crippen LogP contribution < -0.4 is 21.1 Å². The third-order valence-electron chi connectivity index (χ3n) is 2.92. The van der Waals surface area contributed by atoms with Gasteiger partial charge in [0.15, 0.2) is 6.10 Å². The molecule has 21 heavy (non-hydrogen) atoms. The SMILES string of the molecule is C#C[C@@H](C)Oc1cccc(C(C)NNCCCONC)c1. The molecule has 2 atom stereocenters. The van der Waals surface area contributed by atoms with Crippen LogP contribution in [-0.2, 0) is 4.84 Å². The molecule has 5 heteroatoms. The monoisotopic (exact) mass is 291 g/mol. The maximum Gasteiger partial charge on any atom is 0.156 e. The largest absolute Gasteiger partial charge is 0.478 e. The van der Waals surface area contributed by atoms with Crippen LogP contribution in [-0.4, -0.2) is 26.3 Å². The Kier molecular flexibility index (Phi) is 8.48. The first-order chi connectivity index (χ1) is 10.2. The Morgan fingerprint density at radius 2 is 2.14 bits per heavy atom. The Hall–Kier alpha value is -1.58. The van der Waals surface area contributed by atoms with Gasteiger partial charge in [0, 0.05) is 19.6 Å². The average molecular weight is 291 g/mol. The molecule has 0 aliphatic carbocycles. The molecule has 1 rings (SSSR count). The van der Waals surface area contributed by atoms with Crippen molar-refractivity contribution < 1.29 is 9.57 Å². The first-order valence-corrected chi connectivity index (χ1v) is 7.17. The van der Waals surface area contributed by atoms with E-state index in [0.29, 0.717) is 6.61 Å². The second-order valence-electron chi connectivity index (χ2n) is 4.70. The van der Waals surface area contributed by atoms with Gasteiger partial charge in [-0.1, -0.05) is 18.1 Å². The summed E-state index contributed by atoms with van der Waals surface area (Å²) in [7, 11) is 1.75. The van der Waals surface area contributed by atoms with Crippen molar-refractivity contribution in [1.82, 2.24) is 16.3 Å². The van der Waals surface area contributed by atoms with E-state index in [1.165, 1.54) is 0 Å². The molecule has 0 saturated heterocycles. The highest BCUT2D eigenvalue weighted by Gasteiger charge is 2.06. The second kappa shape index (κ2) is 10.2. The number of nitrogens with one attached hydrogen (secondary N) is 3. The van der Waals surface area contributed by atoms with E-state index in [-0.39, 0.29) is 12.1 Å². The van der Waals surface area contributed by atoms with E-state index in [1.807, 2.05) is 25.1 Å². The zero-order valence-electron chi connectivity index (χ0n) is 13.0. The first kappa shape index (κ1) is 17.5. The summed E-state index contributed by atoms with van der Waals surface area (Å²) in [5.74, 6) is 3.34. The number of ether oxygens (including phenoxy) is 1. The van der Waals surface area contributed by atoms with Crippen LogP contribution in [0.4, 0.5) is 0 Å². The summed E-state index contributed by atoms with van der Waals surface area (Å²) in [6, 6.07) is 8.09. The summed E-state index contributed by atoms with van der Waals surface area (Å²) in [5.41, 5.74) is 10.2. The summed E-state index contributed by atoms with van der Waals surface area (Å²) in [4.78, 5) is 5.04. The van der Waals surface area contributed by atoms with Crippen molar-refractivity contribution in [3.63, 3.8) is 0 Å². The first-order valence-electron chi connectivity index (χ1n) is 7.17. The quantitative estimate of drug-likeness (QED) is 0.348. The minimum absolute atomic E-state index is 0.167. The maximum atomic E-state index is 5.62. The fourth-order valence-corrected chi connectivity index (χ4v) is 1.74. The average Bonchev–Trinajstić information content (AvgIpc) is 2.50. The summed E-state index contributed by atoms with van der Waals surface area (Å²) < 4.78 is 5.62. The van der Waals surface area contributed by atoms with E-state index in [4.69, 9.17) is 16.0 Å². The van der Waals surface area contributed by atoms with Crippen molar-refractivity contribution in [2.75, 3.05) is 20.2 Å². The van der Waals surface area contributed by atoms with Crippen LogP contribution in [0.25, 0.3) is 0 Å². The number of hydrazine groups is 1. The van der Waals surface area contributed by atoms with E-state index in [9.17, 15) is 0 Å². The second-order valence-corrected chi connectivity index (χ2v) is 4.70. The van der Waals surface area contributed by atoms with Gasteiger partial charge in [-0.15, -0.1) is 6.42 Å². The number of hydroxylamine groups is 1. The third kappa shape index (κ3) is 7.11. The van der Waals surface area contributed by atoms with Crippen LogP contribution in [0.1, 0.15) is 31.9 Å². The zero-order valence-corrected chi connectivity index (χ0v) is 13.0. The van der Waals surface area contributed by atoms with E-state index < -0.39 is 0 Å². The topological polar surface area (TPSA) is 54.5 Å². The lowest BCUT2D eigenvalue weighted by Gasteiger charge is -2.17. The van der Waals surface area contributed by atoms with Gasteiger partial charge in [0.1, 0.15) is 5.75 Å². The molecule has 0 amide bonds. The normalized spacial score (nSPS) is 13.4. The van der Waals surface area contributed by atoms with Crippen LogP contribution in [0, 0.1) is 12.3 Å². The molecule has 0 fully saturated rings. The van der Waals surface area contributed by atoms with Crippen LogP contribution >= 0.6 is 0 Å².